The number of cyclic esters (lactones) is 1. The topological polar surface area (TPSA) is 68.2 Å². The summed E-state index contributed by atoms with van der Waals surface area (Å²) in [7, 11) is 0. The van der Waals surface area contributed by atoms with Gasteiger partial charge in [-0.05, 0) is 74.6 Å². The molecule has 2 heterocycles. The highest BCUT2D eigenvalue weighted by atomic mass is 35.5. The lowest BCUT2D eigenvalue weighted by atomic mass is 9.94. The molecule has 2 aliphatic rings. The molecule has 34 heavy (non-hydrogen) atoms. The second-order valence-corrected chi connectivity index (χ2v) is 9.55. The standard InChI is InChI=1S/C27H35ClN2O4/c1-19-11-10-13-30(17-19)24(31)18-34-29-22-12-8-6-4-5-7-9-14-33-27(32)25-20(2)15-21(3)26(28)23(25)16-22/h5,7-8,12,15,19H,4,6,9-11,13-14,16-18H2,1-3H3/b7-5+,12-8+,29-22-. The van der Waals surface area contributed by atoms with Crippen LogP contribution in [-0.4, -0.2) is 48.8 Å². The molecule has 0 spiro atoms. The van der Waals surface area contributed by atoms with Gasteiger partial charge in [0.25, 0.3) is 5.91 Å². The Balaban J connectivity index is 1.85. The number of carbonyl (C=O) groups excluding carboxylic acids is 2. The smallest absolute Gasteiger partial charge is 0.338 e. The number of benzene rings is 1. The molecule has 1 atom stereocenters. The zero-order chi connectivity index (χ0) is 24.5. The van der Waals surface area contributed by atoms with Gasteiger partial charge < -0.3 is 14.5 Å². The predicted molar refractivity (Wildman–Crippen MR) is 135 cm³/mol. The summed E-state index contributed by atoms with van der Waals surface area (Å²) < 4.78 is 5.52. The first kappa shape index (κ1) is 26.0. The van der Waals surface area contributed by atoms with Gasteiger partial charge in [-0.2, -0.15) is 0 Å². The Hall–Kier alpha value is -2.60. The predicted octanol–water partition coefficient (Wildman–Crippen LogP) is 5.58. The molecule has 7 heteroatoms. The molecule has 1 aromatic carbocycles. The number of aryl methyl sites for hydroxylation is 2. The molecule has 184 valence electrons. The minimum atomic E-state index is -0.390. The molecule has 1 saturated heterocycles. The van der Waals surface area contributed by atoms with Crippen LogP contribution in [0.15, 0.2) is 35.5 Å². The van der Waals surface area contributed by atoms with Crippen molar-refractivity contribution >= 4 is 29.2 Å². The van der Waals surface area contributed by atoms with Gasteiger partial charge >= 0.3 is 5.97 Å². The maximum absolute atomic E-state index is 12.9. The van der Waals surface area contributed by atoms with E-state index in [1.165, 1.54) is 0 Å². The zero-order valence-electron chi connectivity index (χ0n) is 20.4. The molecule has 0 radical (unpaired) electrons. The van der Waals surface area contributed by atoms with Gasteiger partial charge in [0.05, 0.1) is 17.9 Å². The minimum absolute atomic E-state index is 0.0559. The van der Waals surface area contributed by atoms with Gasteiger partial charge in [0, 0.05) is 24.5 Å². The Morgan fingerprint density at radius 3 is 2.76 bits per heavy atom. The minimum Gasteiger partial charge on any atom is -0.462 e. The van der Waals surface area contributed by atoms with Crippen LogP contribution < -0.4 is 0 Å². The Bertz CT molecular complexity index is 983. The fraction of sp³-hybridized carbons (Fsp3) is 0.519. The molecule has 1 unspecified atom stereocenters. The first-order valence-electron chi connectivity index (χ1n) is 12.1. The van der Waals surface area contributed by atoms with E-state index in [1.54, 1.807) is 0 Å². The van der Waals surface area contributed by atoms with Gasteiger partial charge in [-0.1, -0.05) is 48.0 Å². The second-order valence-electron chi connectivity index (χ2n) is 9.17. The molecule has 6 nitrogen and oxygen atoms in total. The van der Waals surface area contributed by atoms with Crippen LogP contribution in [0.2, 0.25) is 5.02 Å². The number of allylic oxidation sites excluding steroid dienone is 3. The number of amides is 1. The van der Waals surface area contributed by atoms with E-state index < -0.39 is 5.97 Å². The summed E-state index contributed by atoms with van der Waals surface area (Å²) in [6.45, 7) is 7.69. The highest BCUT2D eigenvalue weighted by Crippen LogP contribution is 2.29. The van der Waals surface area contributed by atoms with E-state index in [4.69, 9.17) is 21.2 Å². The Morgan fingerprint density at radius 1 is 1.21 bits per heavy atom. The Labute approximate surface area is 207 Å². The second kappa shape index (κ2) is 12.7. The first-order chi connectivity index (χ1) is 16.4. The molecule has 2 aliphatic heterocycles. The fourth-order valence-corrected chi connectivity index (χ4v) is 4.63. The quantitative estimate of drug-likeness (QED) is 0.317. The Morgan fingerprint density at radius 2 is 1.97 bits per heavy atom. The summed E-state index contributed by atoms with van der Waals surface area (Å²) in [5, 5.41) is 4.80. The van der Waals surface area contributed by atoms with Gasteiger partial charge in [0.2, 0.25) is 0 Å². The number of esters is 1. The third kappa shape index (κ3) is 7.20. The average molecular weight is 487 g/mol. The van der Waals surface area contributed by atoms with E-state index in [9.17, 15) is 9.59 Å². The molecular formula is C27H35ClN2O4. The lowest BCUT2D eigenvalue weighted by molar-refractivity contribution is -0.137. The summed E-state index contributed by atoms with van der Waals surface area (Å²) in [5.41, 5.74) is 3.43. The molecule has 0 aliphatic carbocycles. The molecule has 0 N–H and O–H groups in total. The molecule has 1 amide bonds. The summed E-state index contributed by atoms with van der Waals surface area (Å²) >= 11 is 6.67. The van der Waals surface area contributed by atoms with Crippen LogP contribution in [0.3, 0.4) is 0 Å². The van der Waals surface area contributed by atoms with E-state index in [0.717, 1.165) is 49.9 Å². The number of nitrogens with zero attached hydrogens (tertiary/aromatic N) is 2. The van der Waals surface area contributed by atoms with Crippen molar-refractivity contribution in [2.75, 3.05) is 26.3 Å². The number of likely N-dealkylation sites (tertiary alicyclic amines) is 1. The molecule has 0 bridgehead atoms. The highest BCUT2D eigenvalue weighted by Gasteiger charge is 2.23. The van der Waals surface area contributed by atoms with Crippen LogP contribution in [0.25, 0.3) is 0 Å². The number of piperidine rings is 1. The van der Waals surface area contributed by atoms with Gasteiger partial charge in [0.1, 0.15) is 0 Å². The van der Waals surface area contributed by atoms with E-state index in [-0.39, 0.29) is 12.5 Å². The van der Waals surface area contributed by atoms with Crippen LogP contribution in [0.1, 0.15) is 66.1 Å². The fourth-order valence-electron chi connectivity index (χ4n) is 4.42. The maximum Gasteiger partial charge on any atom is 0.338 e. The molecular weight excluding hydrogens is 452 g/mol. The number of carbonyl (C=O) groups is 2. The van der Waals surface area contributed by atoms with Crippen LogP contribution in [0, 0.1) is 19.8 Å². The molecule has 0 saturated carbocycles. The zero-order valence-corrected chi connectivity index (χ0v) is 21.2. The van der Waals surface area contributed by atoms with Crippen molar-refractivity contribution in [1.82, 2.24) is 4.90 Å². The van der Waals surface area contributed by atoms with Crippen molar-refractivity contribution in [3.05, 3.63) is 57.6 Å². The van der Waals surface area contributed by atoms with Gasteiger partial charge in [-0.25, -0.2) is 4.79 Å². The average Bonchev–Trinajstić information content (AvgIpc) is 2.80. The van der Waals surface area contributed by atoms with Crippen molar-refractivity contribution in [3.63, 3.8) is 0 Å². The first-order valence-corrected chi connectivity index (χ1v) is 12.5. The lowest BCUT2D eigenvalue weighted by Crippen LogP contribution is -2.40. The SMILES string of the molecule is Cc1cc(C)c2c(c1Cl)CC(=N\OCC(=O)N1CCCC(C)C1)/C=C/CC/C=C/CCOC2=O. The van der Waals surface area contributed by atoms with Gasteiger partial charge in [-0.3, -0.25) is 4.79 Å². The summed E-state index contributed by atoms with van der Waals surface area (Å²) in [4.78, 5) is 32.9. The van der Waals surface area contributed by atoms with Crippen LogP contribution >= 0.6 is 11.6 Å². The third-order valence-corrected chi connectivity index (χ3v) is 6.70. The maximum atomic E-state index is 12.9. The van der Waals surface area contributed by atoms with Gasteiger partial charge in [0.15, 0.2) is 6.61 Å². The van der Waals surface area contributed by atoms with E-state index >= 15 is 0 Å². The Kier molecular flexibility index (Phi) is 9.75. The van der Waals surface area contributed by atoms with Crippen molar-refractivity contribution < 1.29 is 19.2 Å². The van der Waals surface area contributed by atoms with Crippen molar-refractivity contribution in [2.24, 2.45) is 11.1 Å². The number of hydrogen-bond acceptors (Lipinski definition) is 5. The molecule has 1 aromatic rings. The van der Waals surface area contributed by atoms with Gasteiger partial charge in [-0.15, -0.1) is 0 Å². The highest BCUT2D eigenvalue weighted by molar-refractivity contribution is 6.33. The normalized spacial score (nSPS) is 22.9. The van der Waals surface area contributed by atoms with Crippen molar-refractivity contribution in [1.29, 1.82) is 0 Å². The summed E-state index contributed by atoms with van der Waals surface area (Å²) in [6, 6.07) is 1.90. The summed E-state index contributed by atoms with van der Waals surface area (Å²) in [5.74, 6) is 0.0589. The number of halogens is 1. The summed E-state index contributed by atoms with van der Waals surface area (Å²) in [6.07, 6.45) is 12.9. The number of ether oxygens (including phenoxy) is 1. The van der Waals surface area contributed by atoms with E-state index in [1.807, 2.05) is 43.0 Å². The van der Waals surface area contributed by atoms with Crippen molar-refractivity contribution in [3.8, 4) is 0 Å². The van der Waals surface area contributed by atoms with Crippen molar-refractivity contribution in [2.45, 2.75) is 59.3 Å². The number of fused-ring (bicyclic) bond motifs is 1. The molecule has 0 aromatic heterocycles. The number of hydrogen-bond donors (Lipinski definition) is 0. The number of rotatable bonds is 3. The van der Waals surface area contributed by atoms with E-state index in [2.05, 4.69) is 18.2 Å². The number of oxime groups is 1. The third-order valence-electron chi connectivity index (χ3n) is 6.18. The van der Waals surface area contributed by atoms with E-state index in [0.29, 0.717) is 47.2 Å². The lowest BCUT2D eigenvalue weighted by Gasteiger charge is -2.30. The molecule has 1 fully saturated rings. The largest absolute Gasteiger partial charge is 0.462 e. The van der Waals surface area contributed by atoms with Crippen LogP contribution in [-0.2, 0) is 20.8 Å². The monoisotopic (exact) mass is 486 g/mol. The van der Waals surface area contributed by atoms with Crippen LogP contribution in [0.5, 0.6) is 0 Å². The van der Waals surface area contributed by atoms with Crippen LogP contribution in [0.4, 0.5) is 0 Å². The molecule has 3 rings (SSSR count).